The predicted molar refractivity (Wildman–Crippen MR) is 87.5 cm³/mol. The zero-order valence-electron chi connectivity index (χ0n) is 12.3. The van der Waals surface area contributed by atoms with Gasteiger partial charge >= 0.3 is 0 Å². The van der Waals surface area contributed by atoms with Gasteiger partial charge in [0.05, 0.1) is 6.07 Å². The molecule has 0 amide bonds. The van der Waals surface area contributed by atoms with Crippen molar-refractivity contribution in [2.75, 3.05) is 5.32 Å². The van der Waals surface area contributed by atoms with E-state index >= 15 is 0 Å². The SMILES string of the molecule is CC(C)C1CCCC(C#N)(Nc2ccc(Br)cc2)CC1. The summed E-state index contributed by atoms with van der Waals surface area (Å²) in [5.74, 6) is 1.48. The highest BCUT2D eigenvalue weighted by atomic mass is 79.9. The number of nitriles is 1. The van der Waals surface area contributed by atoms with Crippen LogP contribution in [-0.2, 0) is 0 Å². The third-order valence-electron chi connectivity index (χ3n) is 4.51. The van der Waals surface area contributed by atoms with E-state index in [9.17, 15) is 5.26 Å². The van der Waals surface area contributed by atoms with Gasteiger partial charge in [0.25, 0.3) is 0 Å². The highest BCUT2D eigenvalue weighted by Crippen LogP contribution is 2.35. The summed E-state index contributed by atoms with van der Waals surface area (Å²) in [6.07, 6.45) is 5.43. The van der Waals surface area contributed by atoms with Crippen LogP contribution in [0.15, 0.2) is 28.7 Å². The summed E-state index contributed by atoms with van der Waals surface area (Å²) in [6, 6.07) is 10.7. The Morgan fingerprint density at radius 2 is 1.95 bits per heavy atom. The Hall–Kier alpha value is -1.01. The molecule has 0 radical (unpaired) electrons. The molecule has 2 nitrogen and oxygen atoms in total. The molecule has 2 unspecified atom stereocenters. The van der Waals surface area contributed by atoms with Crippen LogP contribution in [0, 0.1) is 23.2 Å². The Morgan fingerprint density at radius 1 is 1.25 bits per heavy atom. The minimum atomic E-state index is -0.391. The topological polar surface area (TPSA) is 35.8 Å². The van der Waals surface area contributed by atoms with Crippen molar-refractivity contribution in [2.24, 2.45) is 11.8 Å². The number of halogens is 1. The molecule has 0 heterocycles. The van der Waals surface area contributed by atoms with Gasteiger partial charge in [0, 0.05) is 10.2 Å². The Morgan fingerprint density at radius 3 is 2.55 bits per heavy atom. The molecular weight excluding hydrogens is 312 g/mol. The van der Waals surface area contributed by atoms with Gasteiger partial charge in [-0.1, -0.05) is 36.2 Å². The van der Waals surface area contributed by atoms with Crippen LogP contribution >= 0.6 is 15.9 Å². The highest BCUT2D eigenvalue weighted by Gasteiger charge is 2.33. The molecule has 1 fully saturated rings. The van der Waals surface area contributed by atoms with Crippen molar-refractivity contribution in [3.63, 3.8) is 0 Å². The first-order chi connectivity index (χ1) is 9.54. The Kier molecular flexibility index (Phi) is 5.10. The minimum absolute atomic E-state index is 0.391. The normalized spacial score (nSPS) is 26.9. The molecule has 0 aromatic heterocycles. The number of anilines is 1. The van der Waals surface area contributed by atoms with Crippen molar-refractivity contribution >= 4 is 21.6 Å². The second-order valence-corrected chi connectivity index (χ2v) is 7.18. The first kappa shape index (κ1) is 15.4. The lowest BCUT2D eigenvalue weighted by molar-refractivity contribution is 0.339. The molecule has 1 aromatic rings. The first-order valence-electron chi connectivity index (χ1n) is 7.50. The molecule has 3 heteroatoms. The maximum atomic E-state index is 9.69. The highest BCUT2D eigenvalue weighted by molar-refractivity contribution is 9.10. The smallest absolute Gasteiger partial charge is 0.125 e. The van der Waals surface area contributed by atoms with Gasteiger partial charge in [-0.3, -0.25) is 0 Å². The summed E-state index contributed by atoms with van der Waals surface area (Å²) < 4.78 is 1.06. The van der Waals surface area contributed by atoms with Crippen LogP contribution in [0.3, 0.4) is 0 Å². The zero-order chi connectivity index (χ0) is 14.6. The molecule has 0 saturated heterocycles. The van der Waals surface area contributed by atoms with Gasteiger partial charge in [-0.15, -0.1) is 0 Å². The Labute approximate surface area is 130 Å². The molecule has 0 bridgehead atoms. The van der Waals surface area contributed by atoms with Crippen molar-refractivity contribution in [2.45, 2.75) is 51.5 Å². The van der Waals surface area contributed by atoms with Crippen LogP contribution in [0.25, 0.3) is 0 Å². The number of nitrogens with zero attached hydrogens (tertiary/aromatic N) is 1. The number of benzene rings is 1. The second kappa shape index (κ2) is 6.63. The molecule has 1 saturated carbocycles. The summed E-state index contributed by atoms with van der Waals surface area (Å²) >= 11 is 3.44. The summed E-state index contributed by atoms with van der Waals surface area (Å²) in [6.45, 7) is 4.60. The van der Waals surface area contributed by atoms with E-state index in [4.69, 9.17) is 0 Å². The predicted octanol–water partition coefficient (Wildman–Crippen LogP) is 5.36. The van der Waals surface area contributed by atoms with Gasteiger partial charge in [-0.05, 0) is 61.8 Å². The number of hydrogen-bond donors (Lipinski definition) is 1. The fraction of sp³-hybridized carbons (Fsp3) is 0.588. The summed E-state index contributed by atoms with van der Waals surface area (Å²) in [4.78, 5) is 0. The average molecular weight is 335 g/mol. The molecule has 2 atom stereocenters. The standard InChI is InChI=1S/C17H23BrN2/c1-13(2)14-4-3-10-17(12-19,11-9-14)20-16-7-5-15(18)6-8-16/h5-8,13-14,20H,3-4,9-11H2,1-2H3. The fourth-order valence-corrected chi connectivity index (χ4v) is 3.37. The number of hydrogen-bond acceptors (Lipinski definition) is 2. The third-order valence-corrected chi connectivity index (χ3v) is 5.03. The quantitative estimate of drug-likeness (QED) is 0.755. The van der Waals surface area contributed by atoms with Crippen LogP contribution in [-0.4, -0.2) is 5.54 Å². The van der Waals surface area contributed by atoms with E-state index in [0.29, 0.717) is 0 Å². The van der Waals surface area contributed by atoms with Gasteiger partial charge < -0.3 is 5.32 Å². The largest absolute Gasteiger partial charge is 0.367 e. The van der Waals surface area contributed by atoms with E-state index in [1.165, 1.54) is 6.42 Å². The lowest BCUT2D eigenvalue weighted by Crippen LogP contribution is -2.36. The van der Waals surface area contributed by atoms with Gasteiger partial charge in [0.15, 0.2) is 0 Å². The lowest BCUT2D eigenvalue weighted by Gasteiger charge is -2.28. The van der Waals surface area contributed by atoms with Crippen LogP contribution in [0.4, 0.5) is 5.69 Å². The molecule has 1 aliphatic rings. The summed E-state index contributed by atoms with van der Waals surface area (Å²) in [5, 5.41) is 13.2. The van der Waals surface area contributed by atoms with Crippen LogP contribution in [0.5, 0.6) is 0 Å². The van der Waals surface area contributed by atoms with Crippen molar-refractivity contribution in [3.05, 3.63) is 28.7 Å². The van der Waals surface area contributed by atoms with E-state index in [-0.39, 0.29) is 0 Å². The average Bonchev–Trinajstić information content (AvgIpc) is 2.65. The van der Waals surface area contributed by atoms with Crippen molar-refractivity contribution in [1.82, 2.24) is 0 Å². The van der Waals surface area contributed by atoms with Crippen LogP contribution in [0.2, 0.25) is 0 Å². The van der Waals surface area contributed by atoms with Crippen LogP contribution in [0.1, 0.15) is 46.0 Å². The molecule has 2 rings (SSSR count). The first-order valence-corrected chi connectivity index (χ1v) is 8.29. The molecule has 20 heavy (non-hydrogen) atoms. The lowest BCUT2D eigenvalue weighted by atomic mass is 9.87. The fourth-order valence-electron chi connectivity index (χ4n) is 3.11. The second-order valence-electron chi connectivity index (χ2n) is 6.26. The minimum Gasteiger partial charge on any atom is -0.367 e. The molecular formula is C17H23BrN2. The number of nitrogens with one attached hydrogen (secondary N) is 1. The maximum absolute atomic E-state index is 9.69. The van der Waals surface area contributed by atoms with Crippen LogP contribution < -0.4 is 5.32 Å². The Balaban J connectivity index is 2.10. The molecule has 0 spiro atoms. The molecule has 108 valence electrons. The molecule has 0 aliphatic heterocycles. The zero-order valence-corrected chi connectivity index (χ0v) is 13.9. The van der Waals surface area contributed by atoms with Gasteiger partial charge in [0.1, 0.15) is 5.54 Å². The molecule has 1 aromatic carbocycles. The van der Waals surface area contributed by atoms with Crippen molar-refractivity contribution in [3.8, 4) is 6.07 Å². The monoisotopic (exact) mass is 334 g/mol. The maximum Gasteiger partial charge on any atom is 0.125 e. The van der Waals surface area contributed by atoms with Gasteiger partial charge in [0.2, 0.25) is 0 Å². The molecule has 1 aliphatic carbocycles. The van der Waals surface area contributed by atoms with E-state index in [0.717, 1.165) is 47.7 Å². The summed E-state index contributed by atoms with van der Waals surface area (Å²) in [5.41, 5.74) is 0.648. The van der Waals surface area contributed by atoms with Crippen molar-refractivity contribution in [1.29, 1.82) is 5.26 Å². The van der Waals surface area contributed by atoms with Crippen molar-refractivity contribution < 1.29 is 0 Å². The summed E-state index contributed by atoms with van der Waals surface area (Å²) in [7, 11) is 0. The van der Waals surface area contributed by atoms with E-state index in [1.807, 2.05) is 24.3 Å². The van der Waals surface area contributed by atoms with Gasteiger partial charge in [-0.25, -0.2) is 0 Å². The van der Waals surface area contributed by atoms with E-state index in [2.05, 4.69) is 41.2 Å². The van der Waals surface area contributed by atoms with E-state index < -0.39 is 5.54 Å². The molecule has 1 N–H and O–H groups in total. The number of rotatable bonds is 3. The third kappa shape index (κ3) is 3.76. The Bertz CT molecular complexity index is 475. The van der Waals surface area contributed by atoms with Gasteiger partial charge in [-0.2, -0.15) is 5.26 Å². The van der Waals surface area contributed by atoms with E-state index in [1.54, 1.807) is 0 Å².